The predicted octanol–water partition coefficient (Wildman–Crippen LogP) is 2.61. The number of benzene rings is 1. The van der Waals surface area contributed by atoms with Gasteiger partial charge in [0, 0.05) is 0 Å². The highest BCUT2D eigenvalue weighted by Gasteiger charge is 2.20. The largest absolute Gasteiger partial charge is 0.495 e. The summed E-state index contributed by atoms with van der Waals surface area (Å²) in [5, 5.41) is 3.04. The maximum atomic E-state index is 12.1. The van der Waals surface area contributed by atoms with Crippen molar-refractivity contribution in [3.63, 3.8) is 0 Å². The highest BCUT2D eigenvalue weighted by molar-refractivity contribution is 5.72. The molecule has 0 aliphatic heterocycles. The van der Waals surface area contributed by atoms with Crippen molar-refractivity contribution in [2.45, 2.75) is 25.9 Å². The van der Waals surface area contributed by atoms with Crippen LogP contribution in [0.2, 0.25) is 0 Å². The second-order valence-electron chi connectivity index (χ2n) is 5.85. The molecule has 1 aliphatic carbocycles. The highest BCUT2D eigenvalue weighted by atomic mass is 16.5. The summed E-state index contributed by atoms with van der Waals surface area (Å²) in [5.74, 6) is 0.884. The van der Waals surface area contributed by atoms with E-state index in [-0.39, 0.29) is 36.2 Å². The zero-order valence-electron chi connectivity index (χ0n) is 14.5. The van der Waals surface area contributed by atoms with Crippen LogP contribution in [0.4, 0.5) is 17.6 Å². The van der Waals surface area contributed by atoms with Gasteiger partial charge in [-0.25, -0.2) is 0 Å². The summed E-state index contributed by atoms with van der Waals surface area (Å²) in [5.41, 5.74) is 6.44. The van der Waals surface area contributed by atoms with Gasteiger partial charge in [0.05, 0.1) is 18.7 Å². The molecule has 26 heavy (non-hydrogen) atoms. The number of allylic oxidation sites excluding steroid dienone is 2. The van der Waals surface area contributed by atoms with Gasteiger partial charge in [-0.15, -0.1) is 0 Å². The number of hydrogen-bond donors (Lipinski definition) is 2. The predicted molar refractivity (Wildman–Crippen MR) is 96.8 cm³/mol. The fourth-order valence-corrected chi connectivity index (χ4v) is 2.69. The Kier molecular flexibility index (Phi) is 5.62. The van der Waals surface area contributed by atoms with E-state index in [1.54, 1.807) is 7.11 Å². The van der Waals surface area contributed by atoms with E-state index in [0.29, 0.717) is 17.9 Å². The lowest BCUT2D eigenvalue weighted by Gasteiger charge is -2.16. The lowest BCUT2D eigenvalue weighted by Crippen LogP contribution is -2.19. The maximum absolute atomic E-state index is 12.1. The van der Waals surface area contributed by atoms with Crippen LogP contribution in [0.15, 0.2) is 36.4 Å². The fourth-order valence-electron chi connectivity index (χ4n) is 2.69. The SMILES string of the molecule is COc1ccccc1Nc1nc(N)nc(COC(=O)C2CC=CCC2)n1. The molecule has 8 heteroatoms. The molecule has 1 aromatic carbocycles. The third-order valence-electron chi connectivity index (χ3n) is 4.00. The van der Waals surface area contributed by atoms with Crippen LogP contribution in [0.25, 0.3) is 0 Å². The van der Waals surface area contributed by atoms with E-state index in [9.17, 15) is 4.79 Å². The summed E-state index contributed by atoms with van der Waals surface area (Å²) < 4.78 is 10.6. The zero-order valence-corrected chi connectivity index (χ0v) is 14.5. The number of carbonyl (C=O) groups is 1. The summed E-state index contributed by atoms with van der Waals surface area (Å²) in [6, 6.07) is 7.36. The van der Waals surface area contributed by atoms with Gasteiger partial charge in [0.1, 0.15) is 5.75 Å². The molecular weight excluding hydrogens is 334 g/mol. The van der Waals surface area contributed by atoms with E-state index < -0.39 is 0 Å². The molecule has 0 bridgehead atoms. The van der Waals surface area contributed by atoms with Crippen molar-refractivity contribution < 1.29 is 14.3 Å². The molecule has 3 N–H and O–H groups in total. The zero-order chi connectivity index (χ0) is 18.4. The molecule has 1 atom stereocenters. The lowest BCUT2D eigenvalue weighted by atomic mass is 9.95. The van der Waals surface area contributed by atoms with E-state index in [2.05, 4.69) is 26.3 Å². The molecule has 2 aromatic rings. The molecule has 1 aromatic heterocycles. The van der Waals surface area contributed by atoms with Gasteiger partial charge in [0.15, 0.2) is 12.4 Å². The quantitative estimate of drug-likeness (QED) is 0.601. The van der Waals surface area contributed by atoms with Crippen LogP contribution in [-0.2, 0) is 16.1 Å². The number of carbonyl (C=O) groups excluding carboxylic acids is 1. The molecule has 8 nitrogen and oxygen atoms in total. The molecule has 0 saturated heterocycles. The Morgan fingerprint density at radius 1 is 1.27 bits per heavy atom. The number of ether oxygens (including phenoxy) is 2. The minimum atomic E-state index is -0.243. The van der Waals surface area contributed by atoms with Gasteiger partial charge in [0.25, 0.3) is 0 Å². The fraction of sp³-hybridized carbons (Fsp3) is 0.333. The van der Waals surface area contributed by atoms with Crippen molar-refractivity contribution in [2.24, 2.45) is 5.92 Å². The van der Waals surface area contributed by atoms with Gasteiger partial charge in [-0.2, -0.15) is 15.0 Å². The normalized spacial score (nSPS) is 16.1. The maximum Gasteiger partial charge on any atom is 0.309 e. The number of nitrogens with zero attached hydrogens (tertiary/aromatic N) is 3. The number of nitrogen functional groups attached to an aromatic ring is 1. The Bertz CT molecular complexity index is 809. The molecule has 0 fully saturated rings. The number of rotatable bonds is 6. The molecule has 0 radical (unpaired) electrons. The Hall–Kier alpha value is -3.16. The second-order valence-corrected chi connectivity index (χ2v) is 5.85. The molecule has 3 rings (SSSR count). The third-order valence-corrected chi connectivity index (χ3v) is 4.00. The van der Waals surface area contributed by atoms with Gasteiger partial charge >= 0.3 is 5.97 Å². The standard InChI is InChI=1S/C18H21N5O3/c1-25-14-10-6-5-9-13(14)20-18-22-15(21-17(19)23-18)11-26-16(24)12-7-3-2-4-8-12/h2-3,5-6,9-10,12H,4,7-8,11H2,1H3,(H3,19,20,21,22,23). The average Bonchev–Trinajstić information content (AvgIpc) is 2.67. The second kappa shape index (κ2) is 8.28. The van der Waals surface area contributed by atoms with Crippen molar-refractivity contribution in [3.8, 4) is 5.75 Å². The average molecular weight is 355 g/mol. The smallest absolute Gasteiger partial charge is 0.309 e. The van der Waals surface area contributed by atoms with Crippen LogP contribution in [0.3, 0.4) is 0 Å². The van der Waals surface area contributed by atoms with Gasteiger partial charge in [-0.05, 0) is 31.4 Å². The van der Waals surface area contributed by atoms with Crippen LogP contribution in [0.5, 0.6) is 5.75 Å². The summed E-state index contributed by atoms with van der Waals surface area (Å²) in [7, 11) is 1.58. The van der Waals surface area contributed by atoms with Gasteiger partial charge in [-0.1, -0.05) is 24.3 Å². The molecule has 136 valence electrons. The third kappa shape index (κ3) is 4.47. The summed E-state index contributed by atoms with van der Waals surface area (Å²) >= 11 is 0. The van der Waals surface area contributed by atoms with Gasteiger partial charge in [-0.3, -0.25) is 4.79 Å². The summed E-state index contributed by atoms with van der Waals surface area (Å²) in [6.45, 7) is -0.0492. The van der Waals surface area contributed by atoms with Crippen LogP contribution >= 0.6 is 0 Å². The van der Waals surface area contributed by atoms with Crippen molar-refractivity contribution in [1.82, 2.24) is 15.0 Å². The van der Waals surface area contributed by atoms with E-state index in [0.717, 1.165) is 12.8 Å². The van der Waals surface area contributed by atoms with Crippen LogP contribution in [0.1, 0.15) is 25.1 Å². The van der Waals surface area contributed by atoms with Crippen LogP contribution in [-0.4, -0.2) is 28.0 Å². The molecule has 1 heterocycles. The monoisotopic (exact) mass is 355 g/mol. The minimum Gasteiger partial charge on any atom is -0.495 e. The number of aromatic nitrogens is 3. The van der Waals surface area contributed by atoms with Gasteiger partial charge in [0.2, 0.25) is 11.9 Å². The molecule has 0 spiro atoms. The molecule has 1 unspecified atom stereocenters. The number of nitrogens with one attached hydrogen (secondary N) is 1. The number of anilines is 3. The van der Waals surface area contributed by atoms with Crippen molar-refractivity contribution >= 4 is 23.6 Å². The summed E-state index contributed by atoms with van der Waals surface area (Å²) in [6.07, 6.45) is 6.48. The number of nitrogens with two attached hydrogens (primary N) is 1. The first-order valence-electron chi connectivity index (χ1n) is 8.38. The Balaban J connectivity index is 1.67. The Morgan fingerprint density at radius 2 is 2.12 bits per heavy atom. The molecule has 1 aliphatic rings. The first-order chi connectivity index (χ1) is 12.7. The first kappa shape index (κ1) is 17.7. The van der Waals surface area contributed by atoms with Crippen molar-refractivity contribution in [2.75, 3.05) is 18.2 Å². The van der Waals surface area contributed by atoms with E-state index in [4.69, 9.17) is 15.2 Å². The number of para-hydroxylation sites is 2. The molecular formula is C18H21N5O3. The van der Waals surface area contributed by atoms with Crippen molar-refractivity contribution in [3.05, 3.63) is 42.2 Å². The first-order valence-corrected chi connectivity index (χ1v) is 8.38. The summed E-state index contributed by atoms with van der Waals surface area (Å²) in [4.78, 5) is 24.5. The minimum absolute atomic E-state index is 0.0454. The van der Waals surface area contributed by atoms with E-state index >= 15 is 0 Å². The lowest BCUT2D eigenvalue weighted by molar-refractivity contribution is -0.150. The van der Waals surface area contributed by atoms with Crippen molar-refractivity contribution in [1.29, 1.82) is 0 Å². The van der Waals surface area contributed by atoms with Crippen LogP contribution < -0.4 is 15.8 Å². The van der Waals surface area contributed by atoms with E-state index in [1.165, 1.54) is 0 Å². The Labute approximate surface area is 151 Å². The molecule has 0 saturated carbocycles. The van der Waals surface area contributed by atoms with E-state index in [1.807, 2.05) is 30.3 Å². The van der Waals surface area contributed by atoms with Gasteiger partial charge < -0.3 is 20.5 Å². The highest BCUT2D eigenvalue weighted by Crippen LogP contribution is 2.25. The number of esters is 1. The Morgan fingerprint density at radius 3 is 2.88 bits per heavy atom. The number of methoxy groups -OCH3 is 1. The topological polar surface area (TPSA) is 112 Å². The number of hydrogen-bond acceptors (Lipinski definition) is 8. The molecule has 0 amide bonds. The van der Waals surface area contributed by atoms with Crippen LogP contribution in [0, 0.1) is 5.92 Å².